The van der Waals surface area contributed by atoms with Crippen molar-refractivity contribution in [3.63, 3.8) is 0 Å². The van der Waals surface area contributed by atoms with Crippen LogP contribution in [0.25, 0.3) is 0 Å². The van der Waals surface area contributed by atoms with Crippen LogP contribution < -0.4 is 10.8 Å². The van der Waals surface area contributed by atoms with E-state index in [4.69, 9.17) is 9.57 Å². The van der Waals surface area contributed by atoms with Crippen molar-refractivity contribution in [3.8, 4) is 0 Å². The van der Waals surface area contributed by atoms with Gasteiger partial charge in [0.05, 0.1) is 19.8 Å². The molecule has 0 bridgehead atoms. The molecule has 0 amide bonds. The molecule has 12 heavy (non-hydrogen) atoms. The van der Waals surface area contributed by atoms with Gasteiger partial charge in [-0.3, -0.25) is 0 Å². The molecule has 0 aromatic carbocycles. The van der Waals surface area contributed by atoms with Gasteiger partial charge in [-0.1, -0.05) is 0 Å². The summed E-state index contributed by atoms with van der Waals surface area (Å²) in [5.41, 5.74) is 2.78. The molecule has 72 valence electrons. The third-order valence-electron chi connectivity index (χ3n) is 1.72. The Hall–Kier alpha value is -0.160. The summed E-state index contributed by atoms with van der Waals surface area (Å²) in [6.07, 6.45) is 2.48. The van der Waals surface area contributed by atoms with Crippen LogP contribution in [0, 0.1) is 0 Å². The van der Waals surface area contributed by atoms with E-state index in [1.54, 1.807) is 0 Å². The smallest absolute Gasteiger partial charge is 0.0682 e. The molecule has 0 aliphatic carbocycles. The molecule has 0 aromatic rings. The zero-order valence-corrected chi connectivity index (χ0v) is 7.47. The van der Waals surface area contributed by atoms with Crippen LogP contribution in [0.4, 0.5) is 0 Å². The van der Waals surface area contributed by atoms with E-state index in [0.29, 0.717) is 0 Å². The minimum absolute atomic E-state index is 0.889. The lowest BCUT2D eigenvalue weighted by atomic mass is 10.3. The molecule has 4 heteroatoms. The third kappa shape index (κ3) is 5.49. The topological polar surface area (TPSA) is 42.5 Å². The Bertz CT molecular complexity index is 58.0. The Balaban J connectivity index is 0.000000120. The summed E-state index contributed by atoms with van der Waals surface area (Å²) in [6.45, 7) is 5.75. The Morgan fingerprint density at radius 2 is 1.67 bits per heavy atom. The maximum atomic E-state index is 5.01. The summed E-state index contributed by atoms with van der Waals surface area (Å²) in [5, 5.41) is 3.16. The molecule has 2 fully saturated rings. The number of hydroxylamine groups is 1. The molecule has 0 saturated carbocycles. The monoisotopic (exact) mass is 174 g/mol. The molecule has 4 nitrogen and oxygen atoms in total. The van der Waals surface area contributed by atoms with Crippen LogP contribution in [0.1, 0.15) is 12.8 Å². The van der Waals surface area contributed by atoms with Gasteiger partial charge < -0.3 is 14.9 Å². The summed E-state index contributed by atoms with van der Waals surface area (Å²) in [5.74, 6) is 0. The van der Waals surface area contributed by atoms with Crippen LogP contribution >= 0.6 is 0 Å². The Kier molecular flexibility index (Phi) is 6.19. The predicted octanol–water partition coefficient (Wildman–Crippen LogP) is -0.0924. The van der Waals surface area contributed by atoms with E-state index in [9.17, 15) is 0 Å². The zero-order valence-electron chi connectivity index (χ0n) is 7.47. The fraction of sp³-hybridized carbons (Fsp3) is 1.00. The summed E-state index contributed by atoms with van der Waals surface area (Å²) in [4.78, 5) is 4.82. The second-order valence-electron chi connectivity index (χ2n) is 2.81. The van der Waals surface area contributed by atoms with Gasteiger partial charge >= 0.3 is 0 Å². The molecule has 2 aliphatic rings. The lowest BCUT2D eigenvalue weighted by molar-refractivity contribution is 0.0128. The molecular formula is C8H18N2O2. The first-order valence-corrected chi connectivity index (χ1v) is 4.63. The molecular weight excluding hydrogens is 156 g/mol. The first-order valence-electron chi connectivity index (χ1n) is 4.63. The highest BCUT2D eigenvalue weighted by Gasteiger charge is 1.94. The van der Waals surface area contributed by atoms with Crippen LogP contribution in [0.5, 0.6) is 0 Å². The van der Waals surface area contributed by atoms with Crippen LogP contribution in [-0.4, -0.2) is 39.5 Å². The molecule has 0 atom stereocenters. The van der Waals surface area contributed by atoms with Crippen molar-refractivity contribution in [1.29, 1.82) is 0 Å². The van der Waals surface area contributed by atoms with E-state index in [1.807, 2.05) is 0 Å². The fourth-order valence-corrected chi connectivity index (χ4v) is 1.03. The maximum Gasteiger partial charge on any atom is 0.0682 e. The normalized spacial score (nSPS) is 24.0. The van der Waals surface area contributed by atoms with Gasteiger partial charge in [0.15, 0.2) is 0 Å². The zero-order chi connectivity index (χ0) is 8.49. The van der Waals surface area contributed by atoms with Crippen LogP contribution in [0.3, 0.4) is 0 Å². The van der Waals surface area contributed by atoms with Gasteiger partial charge in [-0.15, -0.1) is 0 Å². The van der Waals surface area contributed by atoms with Gasteiger partial charge in [0.2, 0.25) is 0 Å². The molecule has 2 N–H and O–H groups in total. The predicted molar refractivity (Wildman–Crippen MR) is 46.9 cm³/mol. The van der Waals surface area contributed by atoms with Gasteiger partial charge in [0.25, 0.3) is 0 Å². The van der Waals surface area contributed by atoms with E-state index in [2.05, 4.69) is 10.8 Å². The Morgan fingerprint density at radius 1 is 0.833 bits per heavy atom. The van der Waals surface area contributed by atoms with Crippen molar-refractivity contribution >= 4 is 0 Å². The SMILES string of the molecule is C1CCONC1.C1COCCN1. The highest BCUT2D eigenvalue weighted by molar-refractivity contribution is 4.49. The van der Waals surface area contributed by atoms with Crippen LogP contribution in [-0.2, 0) is 9.57 Å². The van der Waals surface area contributed by atoms with E-state index >= 15 is 0 Å². The summed E-state index contributed by atoms with van der Waals surface area (Å²) >= 11 is 0. The highest BCUT2D eigenvalue weighted by Crippen LogP contribution is 1.91. The minimum Gasteiger partial charge on any atom is -0.379 e. The van der Waals surface area contributed by atoms with Crippen molar-refractivity contribution < 1.29 is 9.57 Å². The third-order valence-corrected chi connectivity index (χ3v) is 1.72. The fourth-order valence-electron chi connectivity index (χ4n) is 1.03. The van der Waals surface area contributed by atoms with Gasteiger partial charge in [0.1, 0.15) is 0 Å². The number of hydrogen-bond acceptors (Lipinski definition) is 4. The average Bonchev–Trinajstić information content (AvgIpc) is 2.24. The molecule has 0 aromatic heterocycles. The van der Waals surface area contributed by atoms with Crippen molar-refractivity contribution in [2.75, 3.05) is 39.5 Å². The number of morpholine rings is 1. The lowest BCUT2D eigenvalue weighted by Crippen LogP contribution is -2.30. The van der Waals surface area contributed by atoms with Crippen molar-refractivity contribution in [3.05, 3.63) is 0 Å². The van der Waals surface area contributed by atoms with Crippen LogP contribution in [0.15, 0.2) is 0 Å². The number of nitrogens with one attached hydrogen (secondary N) is 2. The first-order chi connectivity index (χ1) is 6.00. The maximum absolute atomic E-state index is 5.01. The van der Waals surface area contributed by atoms with E-state index < -0.39 is 0 Å². The number of ether oxygens (including phenoxy) is 1. The van der Waals surface area contributed by atoms with Crippen molar-refractivity contribution in [1.82, 2.24) is 10.8 Å². The van der Waals surface area contributed by atoms with Gasteiger partial charge in [-0.05, 0) is 12.8 Å². The standard InChI is InChI=1S/2C4H9NO/c1-3-6-4-2-5-1;1-2-4-6-5-3-1/h2*5H,1-4H2. The molecule has 2 heterocycles. The molecule has 0 unspecified atom stereocenters. The second-order valence-corrected chi connectivity index (χ2v) is 2.81. The molecule has 2 rings (SSSR count). The highest BCUT2D eigenvalue weighted by atomic mass is 16.6. The Morgan fingerprint density at radius 3 is 1.83 bits per heavy atom. The van der Waals surface area contributed by atoms with E-state index in [0.717, 1.165) is 39.5 Å². The lowest BCUT2D eigenvalue weighted by Gasteiger charge is -2.10. The van der Waals surface area contributed by atoms with E-state index in [-0.39, 0.29) is 0 Å². The van der Waals surface area contributed by atoms with Gasteiger partial charge in [-0.25, -0.2) is 5.48 Å². The summed E-state index contributed by atoms with van der Waals surface area (Å²) in [7, 11) is 0. The number of rotatable bonds is 0. The Labute approximate surface area is 73.6 Å². The van der Waals surface area contributed by atoms with Crippen LogP contribution in [0.2, 0.25) is 0 Å². The minimum atomic E-state index is 0.889. The van der Waals surface area contributed by atoms with Gasteiger partial charge in [0, 0.05) is 19.6 Å². The largest absolute Gasteiger partial charge is 0.379 e. The van der Waals surface area contributed by atoms with Crippen molar-refractivity contribution in [2.45, 2.75) is 12.8 Å². The van der Waals surface area contributed by atoms with Gasteiger partial charge in [-0.2, -0.15) is 0 Å². The van der Waals surface area contributed by atoms with E-state index in [1.165, 1.54) is 12.8 Å². The summed E-state index contributed by atoms with van der Waals surface area (Å²) < 4.78 is 5.01. The molecule has 0 radical (unpaired) electrons. The van der Waals surface area contributed by atoms with Crippen molar-refractivity contribution in [2.24, 2.45) is 0 Å². The molecule has 2 saturated heterocycles. The first kappa shape index (κ1) is 9.92. The number of hydrogen-bond donors (Lipinski definition) is 2. The second kappa shape index (κ2) is 7.49. The quantitative estimate of drug-likeness (QED) is 0.538. The molecule has 2 aliphatic heterocycles. The molecule has 0 spiro atoms. The summed E-state index contributed by atoms with van der Waals surface area (Å²) in [6, 6.07) is 0. The average molecular weight is 174 g/mol.